The molecule has 4 heterocycles. The van der Waals surface area contributed by atoms with E-state index in [9.17, 15) is 0 Å². The molecule has 11 aromatic rings. The Balaban J connectivity index is 1.18. The van der Waals surface area contributed by atoms with E-state index < -0.39 is 0 Å². The van der Waals surface area contributed by atoms with Gasteiger partial charge in [-0.05, 0) is 77.9 Å². The zero-order valence-electron chi connectivity index (χ0n) is 26.3. The standard InChI is InChI=1S/C45H27N3O/c1-2-12-30(13-3-1)47-38-19-9-5-14-31(38)35-26-28(22-24-40(35)47)29-23-25-41-36(27-29)32-15-6-10-20-39(32)48(41)44-33-16-4-8-18-37(33)46-43-34-17-7-11-21-42(34)49-45(43)44/h1-27H. The number of benzene rings is 7. The monoisotopic (exact) mass is 625 g/mol. The quantitative estimate of drug-likeness (QED) is 0.196. The first kappa shape index (κ1) is 26.4. The van der Waals surface area contributed by atoms with Crippen molar-refractivity contribution in [2.75, 3.05) is 0 Å². The molecule has 49 heavy (non-hydrogen) atoms. The van der Waals surface area contributed by atoms with Crippen molar-refractivity contribution in [1.82, 2.24) is 14.1 Å². The fraction of sp³-hybridized carbons (Fsp3) is 0. The average molecular weight is 626 g/mol. The van der Waals surface area contributed by atoms with Crippen LogP contribution in [0.3, 0.4) is 0 Å². The number of furan rings is 1. The van der Waals surface area contributed by atoms with Crippen molar-refractivity contribution in [2.24, 2.45) is 0 Å². The fourth-order valence-corrected chi connectivity index (χ4v) is 7.94. The lowest BCUT2D eigenvalue weighted by Crippen LogP contribution is -1.97. The largest absolute Gasteiger partial charge is 0.452 e. The van der Waals surface area contributed by atoms with Crippen LogP contribution >= 0.6 is 0 Å². The lowest BCUT2D eigenvalue weighted by Gasteiger charge is -2.12. The molecule has 0 spiro atoms. The third-order valence-corrected chi connectivity index (χ3v) is 10.1. The molecule has 0 fully saturated rings. The minimum absolute atomic E-state index is 0.798. The Kier molecular flexibility index (Phi) is 5.35. The Bertz CT molecular complexity index is 3110. The van der Waals surface area contributed by atoms with Gasteiger partial charge in [-0.1, -0.05) is 97.1 Å². The van der Waals surface area contributed by atoms with Crippen LogP contribution in [0.15, 0.2) is 168 Å². The molecule has 0 N–H and O–H groups in total. The van der Waals surface area contributed by atoms with Gasteiger partial charge in [0.1, 0.15) is 16.8 Å². The molecule has 0 saturated carbocycles. The topological polar surface area (TPSA) is 35.9 Å². The van der Waals surface area contributed by atoms with Crippen molar-refractivity contribution >= 4 is 76.6 Å². The van der Waals surface area contributed by atoms with Gasteiger partial charge in [-0.3, -0.25) is 0 Å². The van der Waals surface area contributed by atoms with Crippen molar-refractivity contribution in [3.63, 3.8) is 0 Å². The number of fused-ring (bicyclic) bond motifs is 10. The fourth-order valence-electron chi connectivity index (χ4n) is 7.94. The predicted molar refractivity (Wildman–Crippen MR) is 203 cm³/mol. The van der Waals surface area contributed by atoms with Crippen LogP contribution in [-0.4, -0.2) is 14.1 Å². The Labute approximate surface area is 280 Å². The van der Waals surface area contributed by atoms with Gasteiger partial charge in [0.15, 0.2) is 5.58 Å². The van der Waals surface area contributed by atoms with Crippen LogP contribution in [0.2, 0.25) is 0 Å². The number of aromatic nitrogens is 3. The van der Waals surface area contributed by atoms with Gasteiger partial charge in [0.05, 0.1) is 27.6 Å². The summed E-state index contributed by atoms with van der Waals surface area (Å²) in [6.45, 7) is 0. The second kappa shape index (κ2) is 9.93. The Morgan fingerprint density at radius 1 is 0.408 bits per heavy atom. The summed E-state index contributed by atoms with van der Waals surface area (Å²) in [5.41, 5.74) is 12.7. The van der Waals surface area contributed by atoms with Gasteiger partial charge < -0.3 is 13.6 Å². The molecule has 4 heteroatoms. The summed E-state index contributed by atoms with van der Waals surface area (Å²) >= 11 is 0. The first-order valence-corrected chi connectivity index (χ1v) is 16.6. The third-order valence-electron chi connectivity index (χ3n) is 10.1. The van der Waals surface area contributed by atoms with Crippen LogP contribution in [0, 0.1) is 0 Å². The highest BCUT2D eigenvalue weighted by Crippen LogP contribution is 2.42. The summed E-state index contributed by atoms with van der Waals surface area (Å²) in [4.78, 5) is 5.11. The Hall–Kier alpha value is -6.65. The molecule has 7 aromatic carbocycles. The lowest BCUT2D eigenvalue weighted by molar-refractivity contribution is 0.666. The Morgan fingerprint density at radius 2 is 0.939 bits per heavy atom. The maximum Gasteiger partial charge on any atom is 0.178 e. The van der Waals surface area contributed by atoms with Gasteiger partial charge in [-0.2, -0.15) is 0 Å². The van der Waals surface area contributed by atoms with Crippen molar-refractivity contribution in [3.05, 3.63) is 164 Å². The van der Waals surface area contributed by atoms with Crippen LogP contribution in [0.4, 0.5) is 0 Å². The molecule has 0 atom stereocenters. The van der Waals surface area contributed by atoms with Crippen LogP contribution in [0.1, 0.15) is 0 Å². The molecule has 0 aliphatic heterocycles. The zero-order chi connectivity index (χ0) is 32.1. The number of rotatable bonds is 3. The smallest absolute Gasteiger partial charge is 0.178 e. The summed E-state index contributed by atoms with van der Waals surface area (Å²) in [7, 11) is 0. The highest BCUT2D eigenvalue weighted by molar-refractivity contribution is 6.17. The van der Waals surface area contributed by atoms with Crippen molar-refractivity contribution in [2.45, 2.75) is 0 Å². The van der Waals surface area contributed by atoms with Gasteiger partial charge in [-0.25, -0.2) is 4.98 Å². The minimum Gasteiger partial charge on any atom is -0.452 e. The van der Waals surface area contributed by atoms with E-state index in [0.29, 0.717) is 0 Å². The number of pyridine rings is 1. The van der Waals surface area contributed by atoms with E-state index >= 15 is 0 Å². The molecule has 0 bridgehead atoms. The van der Waals surface area contributed by atoms with Crippen molar-refractivity contribution in [3.8, 4) is 22.5 Å². The van der Waals surface area contributed by atoms with Gasteiger partial charge in [0.2, 0.25) is 0 Å². The zero-order valence-corrected chi connectivity index (χ0v) is 26.3. The Morgan fingerprint density at radius 3 is 1.65 bits per heavy atom. The van der Waals surface area contributed by atoms with Crippen LogP contribution < -0.4 is 0 Å². The van der Waals surface area contributed by atoms with E-state index in [2.05, 4.69) is 155 Å². The molecular formula is C45H27N3O. The summed E-state index contributed by atoms with van der Waals surface area (Å²) in [6.07, 6.45) is 0. The number of para-hydroxylation sites is 5. The first-order chi connectivity index (χ1) is 24.3. The van der Waals surface area contributed by atoms with E-state index in [0.717, 1.165) is 55.4 Å². The molecule has 0 saturated heterocycles. The summed E-state index contributed by atoms with van der Waals surface area (Å²) in [5.74, 6) is 0. The molecule has 0 aliphatic carbocycles. The van der Waals surface area contributed by atoms with Crippen LogP contribution in [0.25, 0.3) is 99.1 Å². The number of hydrogen-bond donors (Lipinski definition) is 0. The van der Waals surface area contributed by atoms with Crippen molar-refractivity contribution in [1.29, 1.82) is 0 Å². The number of nitrogens with zero attached hydrogens (tertiary/aromatic N) is 3. The summed E-state index contributed by atoms with van der Waals surface area (Å²) < 4.78 is 11.4. The summed E-state index contributed by atoms with van der Waals surface area (Å²) in [6, 6.07) is 58.3. The van der Waals surface area contributed by atoms with Crippen LogP contribution in [-0.2, 0) is 0 Å². The van der Waals surface area contributed by atoms with E-state index in [4.69, 9.17) is 9.40 Å². The first-order valence-electron chi connectivity index (χ1n) is 16.6. The highest BCUT2D eigenvalue weighted by Gasteiger charge is 2.22. The van der Waals surface area contributed by atoms with Crippen molar-refractivity contribution < 1.29 is 4.42 Å². The van der Waals surface area contributed by atoms with Gasteiger partial charge in [0.25, 0.3) is 0 Å². The average Bonchev–Trinajstić information content (AvgIpc) is 3.81. The molecule has 228 valence electrons. The van der Waals surface area contributed by atoms with Crippen LogP contribution in [0.5, 0.6) is 0 Å². The third kappa shape index (κ3) is 3.71. The van der Waals surface area contributed by atoms with E-state index in [1.807, 2.05) is 18.2 Å². The SMILES string of the molecule is c1ccc(-n2c3ccccc3c3cc(-c4ccc5c(c4)c4ccccc4n5-c4c5ccccc5nc5c4oc4ccccc45)ccc32)cc1. The number of hydrogen-bond acceptors (Lipinski definition) is 2. The second-order valence-corrected chi connectivity index (χ2v) is 12.8. The molecule has 0 amide bonds. The normalized spacial score (nSPS) is 12.1. The second-order valence-electron chi connectivity index (χ2n) is 12.8. The highest BCUT2D eigenvalue weighted by atomic mass is 16.3. The van der Waals surface area contributed by atoms with Gasteiger partial charge in [-0.15, -0.1) is 0 Å². The van der Waals surface area contributed by atoms with Gasteiger partial charge >= 0.3 is 0 Å². The van der Waals surface area contributed by atoms with E-state index in [1.54, 1.807) is 0 Å². The molecule has 0 radical (unpaired) electrons. The minimum atomic E-state index is 0.798. The molecular weight excluding hydrogens is 599 g/mol. The molecule has 0 unspecified atom stereocenters. The molecule has 11 rings (SSSR count). The maximum atomic E-state index is 6.63. The summed E-state index contributed by atoms with van der Waals surface area (Å²) in [5, 5.41) is 6.98. The maximum absolute atomic E-state index is 6.63. The molecule has 0 aliphatic rings. The molecule has 4 aromatic heterocycles. The molecule has 4 nitrogen and oxygen atoms in total. The predicted octanol–water partition coefficient (Wildman–Crippen LogP) is 12.0. The van der Waals surface area contributed by atoms with Gasteiger partial charge in [0, 0.05) is 38.0 Å². The lowest BCUT2D eigenvalue weighted by atomic mass is 10.0. The van der Waals surface area contributed by atoms with E-state index in [1.165, 1.54) is 43.7 Å². The van der Waals surface area contributed by atoms with E-state index in [-0.39, 0.29) is 0 Å².